The van der Waals surface area contributed by atoms with Crippen LogP contribution in [0, 0.1) is 11.8 Å². The summed E-state index contributed by atoms with van der Waals surface area (Å²) >= 11 is 0. The highest BCUT2D eigenvalue weighted by Crippen LogP contribution is 2.23. The molecular weight excluding hydrogens is 478 g/mol. The number of benzene rings is 1. The molecule has 38 heavy (non-hydrogen) atoms. The van der Waals surface area contributed by atoms with Gasteiger partial charge in [-0.15, -0.1) is 5.92 Å². The molecule has 0 saturated heterocycles. The molecule has 6 heteroatoms. The molecule has 1 unspecified atom stereocenters. The Hall–Kier alpha value is -3.82. The fourth-order valence-electron chi connectivity index (χ4n) is 3.63. The molecule has 1 rings (SSSR count). The maximum Gasteiger partial charge on any atom is 0.331 e. The number of hydrogen-bond donors (Lipinski definition) is 2. The molecule has 0 fully saturated rings. The third kappa shape index (κ3) is 11.5. The molecule has 204 valence electrons. The molecule has 0 saturated carbocycles. The molecule has 0 amide bonds. The van der Waals surface area contributed by atoms with E-state index in [1.807, 2.05) is 45.0 Å². The van der Waals surface area contributed by atoms with E-state index in [-0.39, 0.29) is 12.3 Å². The molecule has 0 radical (unpaired) electrons. The highest BCUT2D eigenvalue weighted by molar-refractivity contribution is 5.86. The van der Waals surface area contributed by atoms with Gasteiger partial charge in [-0.1, -0.05) is 55.4 Å². The number of likely N-dealkylation sites (N-methyl/N-ethyl adjacent to an activating group) is 1. The number of ether oxygens (including phenoxy) is 1. The molecule has 1 aromatic rings. The summed E-state index contributed by atoms with van der Waals surface area (Å²) in [4.78, 5) is 24.7. The van der Waals surface area contributed by atoms with E-state index in [9.17, 15) is 14.7 Å². The zero-order valence-electron chi connectivity index (χ0n) is 23.5. The maximum atomic E-state index is 11.3. The van der Waals surface area contributed by atoms with Crippen molar-refractivity contribution in [1.82, 2.24) is 4.90 Å². The van der Waals surface area contributed by atoms with Crippen LogP contribution in [-0.2, 0) is 9.59 Å². The summed E-state index contributed by atoms with van der Waals surface area (Å²) in [6, 6.07) is 7.35. The lowest BCUT2D eigenvalue weighted by atomic mass is 9.96. The number of allylic oxidation sites excluding steroid dienone is 2. The average molecular weight is 520 g/mol. The normalized spacial score (nSPS) is 12.9. The lowest BCUT2D eigenvalue weighted by Crippen LogP contribution is -2.28. The molecule has 0 aliphatic rings. The summed E-state index contributed by atoms with van der Waals surface area (Å²) in [5, 5.41) is 18.4. The Morgan fingerprint density at radius 1 is 1.08 bits per heavy atom. The largest absolute Gasteiger partial charge is 0.489 e. The van der Waals surface area contributed by atoms with Crippen LogP contribution in [0.5, 0.6) is 5.75 Å². The first-order chi connectivity index (χ1) is 18.0. The van der Waals surface area contributed by atoms with E-state index < -0.39 is 11.9 Å². The highest BCUT2D eigenvalue weighted by atomic mass is 16.5. The first-order valence-corrected chi connectivity index (χ1v) is 12.7. The van der Waals surface area contributed by atoms with Gasteiger partial charge in [-0.05, 0) is 81.7 Å². The van der Waals surface area contributed by atoms with E-state index in [0.717, 1.165) is 34.4 Å². The maximum absolute atomic E-state index is 11.3. The van der Waals surface area contributed by atoms with Gasteiger partial charge < -0.3 is 14.9 Å². The van der Waals surface area contributed by atoms with Crippen LogP contribution in [0.4, 0.5) is 0 Å². The van der Waals surface area contributed by atoms with Gasteiger partial charge in [0.05, 0.1) is 12.3 Å². The van der Waals surface area contributed by atoms with E-state index in [0.29, 0.717) is 31.0 Å². The Balaban J connectivity index is 2.94. The van der Waals surface area contributed by atoms with Gasteiger partial charge in [0.15, 0.2) is 0 Å². The van der Waals surface area contributed by atoms with Crippen molar-refractivity contribution >= 4 is 11.9 Å². The fourth-order valence-corrected chi connectivity index (χ4v) is 3.63. The van der Waals surface area contributed by atoms with Gasteiger partial charge in [0.1, 0.15) is 12.4 Å². The summed E-state index contributed by atoms with van der Waals surface area (Å²) in [6.07, 6.45) is 7.59. The van der Waals surface area contributed by atoms with Gasteiger partial charge in [0.25, 0.3) is 0 Å². The van der Waals surface area contributed by atoms with E-state index in [1.54, 1.807) is 26.0 Å². The molecule has 0 aliphatic carbocycles. The first kappa shape index (κ1) is 32.2. The molecule has 1 aromatic carbocycles. The summed E-state index contributed by atoms with van der Waals surface area (Å²) in [5.41, 5.74) is 5.26. The number of aliphatic carboxylic acids is 2. The third-order valence-corrected chi connectivity index (χ3v) is 6.01. The molecule has 0 heterocycles. The number of rotatable bonds is 15. The van der Waals surface area contributed by atoms with Crippen LogP contribution in [0.15, 0.2) is 83.0 Å². The fraction of sp³-hybridized carbons (Fsp3) is 0.375. The van der Waals surface area contributed by atoms with Crippen molar-refractivity contribution in [3.05, 3.63) is 88.6 Å². The SMILES string of the molecule is C=C/C(=C\C(=C/C)CN(CC)CC(/C=C(\C)C(=O)O)=C(C)C)COc1ccc(C(C#CC)CC(=O)O)cc1. The lowest BCUT2D eigenvalue weighted by Gasteiger charge is -2.23. The molecule has 2 N–H and O–H groups in total. The van der Waals surface area contributed by atoms with E-state index in [1.165, 1.54) is 0 Å². The smallest absolute Gasteiger partial charge is 0.331 e. The Bertz CT molecular complexity index is 1150. The average Bonchev–Trinajstić information content (AvgIpc) is 2.88. The quantitative estimate of drug-likeness (QED) is 0.159. The zero-order valence-corrected chi connectivity index (χ0v) is 23.5. The third-order valence-electron chi connectivity index (χ3n) is 6.01. The summed E-state index contributed by atoms with van der Waals surface area (Å²) in [5.74, 6) is 4.27. The predicted octanol–water partition coefficient (Wildman–Crippen LogP) is 6.39. The van der Waals surface area contributed by atoms with Crippen LogP contribution in [0.2, 0.25) is 0 Å². The Morgan fingerprint density at radius 2 is 1.74 bits per heavy atom. The van der Waals surface area contributed by atoms with E-state index in [2.05, 4.69) is 42.4 Å². The van der Waals surface area contributed by atoms with Crippen molar-refractivity contribution in [2.75, 3.05) is 26.2 Å². The summed E-state index contributed by atoms with van der Waals surface area (Å²) < 4.78 is 5.97. The van der Waals surface area contributed by atoms with Crippen LogP contribution in [0.1, 0.15) is 59.4 Å². The van der Waals surface area contributed by atoms with Crippen molar-refractivity contribution in [2.24, 2.45) is 0 Å². The number of carboxylic acids is 2. The Kier molecular flexibility index (Phi) is 14.3. The molecule has 0 aromatic heterocycles. The predicted molar refractivity (Wildman–Crippen MR) is 154 cm³/mol. The van der Waals surface area contributed by atoms with Crippen LogP contribution < -0.4 is 4.74 Å². The van der Waals surface area contributed by atoms with Crippen LogP contribution in [0.3, 0.4) is 0 Å². The van der Waals surface area contributed by atoms with E-state index in [4.69, 9.17) is 9.84 Å². The van der Waals surface area contributed by atoms with Crippen molar-refractivity contribution < 1.29 is 24.5 Å². The number of carbonyl (C=O) groups is 2. The monoisotopic (exact) mass is 519 g/mol. The minimum Gasteiger partial charge on any atom is -0.489 e. The molecule has 0 aliphatic heterocycles. The van der Waals surface area contributed by atoms with E-state index >= 15 is 0 Å². The molecule has 6 nitrogen and oxygen atoms in total. The highest BCUT2D eigenvalue weighted by Gasteiger charge is 2.13. The standard InChI is InChI=1S/C32H41NO5/c1-8-12-28(19-31(34)35)27-13-15-30(16-14-27)38-22-26(10-3)18-25(9-2)20-33(11-4)21-29(23(5)6)17-24(7)32(36)37/h9-10,13-18,28H,3,11,19-22H2,1-2,4-7H3,(H,34,35)(H,36,37)/b24-17+,25-9+,26-18+. The van der Waals surface area contributed by atoms with Gasteiger partial charge in [0, 0.05) is 18.7 Å². The summed E-state index contributed by atoms with van der Waals surface area (Å²) in [7, 11) is 0. The van der Waals surface area contributed by atoms with Crippen LogP contribution in [0.25, 0.3) is 0 Å². The second-order valence-electron chi connectivity index (χ2n) is 9.15. The summed E-state index contributed by atoms with van der Waals surface area (Å²) in [6.45, 7) is 17.8. The molecular formula is C32H41NO5. The minimum atomic E-state index is -0.913. The van der Waals surface area contributed by atoms with Gasteiger partial charge >= 0.3 is 11.9 Å². The molecule has 0 bridgehead atoms. The van der Waals surface area contributed by atoms with Crippen molar-refractivity contribution in [3.63, 3.8) is 0 Å². The van der Waals surface area contributed by atoms with Crippen LogP contribution >= 0.6 is 0 Å². The Morgan fingerprint density at radius 3 is 2.21 bits per heavy atom. The molecule has 0 spiro atoms. The number of nitrogens with zero attached hydrogens (tertiary/aromatic N) is 1. The lowest BCUT2D eigenvalue weighted by molar-refractivity contribution is -0.137. The second-order valence-corrected chi connectivity index (χ2v) is 9.15. The first-order valence-electron chi connectivity index (χ1n) is 12.7. The van der Waals surface area contributed by atoms with Crippen molar-refractivity contribution in [2.45, 2.75) is 53.9 Å². The van der Waals surface area contributed by atoms with Crippen molar-refractivity contribution in [1.29, 1.82) is 0 Å². The Labute approximate surface area is 227 Å². The number of carboxylic acid groups (broad SMARTS) is 2. The zero-order chi connectivity index (χ0) is 28.7. The number of hydrogen-bond acceptors (Lipinski definition) is 4. The molecule has 1 atom stereocenters. The van der Waals surface area contributed by atoms with Gasteiger partial charge in [-0.3, -0.25) is 9.69 Å². The van der Waals surface area contributed by atoms with Gasteiger partial charge in [0.2, 0.25) is 0 Å². The topological polar surface area (TPSA) is 87.1 Å². The van der Waals surface area contributed by atoms with Gasteiger partial charge in [-0.25, -0.2) is 4.79 Å². The second kappa shape index (κ2) is 16.8. The van der Waals surface area contributed by atoms with Gasteiger partial charge in [-0.2, -0.15) is 0 Å². The van der Waals surface area contributed by atoms with Crippen LogP contribution in [-0.4, -0.2) is 53.3 Å². The van der Waals surface area contributed by atoms with Crippen molar-refractivity contribution in [3.8, 4) is 17.6 Å². The minimum absolute atomic E-state index is 0.0458.